The molecular weight excluding hydrogens is 417 g/mol. The fraction of sp³-hybridized carbons (Fsp3) is 0.300. The lowest BCUT2D eigenvalue weighted by Gasteiger charge is -2.22. The van der Waals surface area contributed by atoms with E-state index in [4.69, 9.17) is 10.2 Å². The Balaban J connectivity index is 0.00000196. The summed E-state index contributed by atoms with van der Waals surface area (Å²) < 4.78 is 5.65. The van der Waals surface area contributed by atoms with Gasteiger partial charge in [-0.25, -0.2) is 4.98 Å². The number of benzene rings is 1. The quantitative estimate of drug-likeness (QED) is 0.568. The van der Waals surface area contributed by atoms with Crippen molar-refractivity contribution in [3.8, 4) is 10.8 Å². The van der Waals surface area contributed by atoms with Crippen LogP contribution in [0.25, 0.3) is 10.8 Å². The predicted molar refractivity (Wildman–Crippen MR) is 119 cm³/mol. The fourth-order valence-corrected chi connectivity index (χ4v) is 3.73. The molecule has 0 aliphatic rings. The van der Waals surface area contributed by atoms with E-state index in [0.29, 0.717) is 30.3 Å². The first-order chi connectivity index (χ1) is 12.6. The number of aryl methyl sites for hydroxylation is 2. The number of rotatable bonds is 7. The van der Waals surface area contributed by atoms with E-state index in [1.807, 2.05) is 61.2 Å². The molecule has 0 spiro atoms. The Morgan fingerprint density at radius 1 is 1.14 bits per heavy atom. The molecule has 152 valence electrons. The molecule has 1 amide bonds. The normalized spacial score (nSPS) is 10.1. The monoisotopic (exact) mass is 441 g/mol. The summed E-state index contributed by atoms with van der Waals surface area (Å²) in [5, 5.41) is 0.734. The zero-order chi connectivity index (χ0) is 18.5. The summed E-state index contributed by atoms with van der Waals surface area (Å²) in [6.07, 6.45) is 0.765. The van der Waals surface area contributed by atoms with Gasteiger partial charge in [-0.2, -0.15) is 0 Å². The molecule has 2 N–H and O–H groups in total. The van der Waals surface area contributed by atoms with E-state index in [1.165, 1.54) is 11.3 Å². The highest BCUT2D eigenvalue weighted by molar-refractivity contribution is 7.17. The van der Waals surface area contributed by atoms with Crippen molar-refractivity contribution in [1.29, 1.82) is 0 Å². The molecule has 2 aromatic heterocycles. The van der Waals surface area contributed by atoms with Crippen molar-refractivity contribution in [1.82, 2.24) is 9.88 Å². The Hall–Kier alpha value is -1.86. The van der Waals surface area contributed by atoms with Gasteiger partial charge in [-0.15, -0.1) is 36.2 Å². The van der Waals surface area contributed by atoms with Gasteiger partial charge in [-0.3, -0.25) is 4.79 Å². The van der Waals surface area contributed by atoms with Gasteiger partial charge in [0.05, 0.1) is 5.69 Å². The number of carbonyl (C=O) groups excluding carboxylic acids is 1. The summed E-state index contributed by atoms with van der Waals surface area (Å²) in [5.41, 5.74) is 7.49. The van der Waals surface area contributed by atoms with E-state index < -0.39 is 0 Å². The highest BCUT2D eigenvalue weighted by Gasteiger charge is 2.22. The number of carbonyl (C=O) groups is 1. The third-order valence-corrected chi connectivity index (χ3v) is 5.24. The van der Waals surface area contributed by atoms with Crippen LogP contribution in [0.1, 0.15) is 33.1 Å². The summed E-state index contributed by atoms with van der Waals surface area (Å²) in [4.78, 5) is 20.2. The number of hydrogen-bond acceptors (Lipinski definition) is 5. The molecule has 0 unspecified atom stereocenters. The SMILES string of the molecule is Cc1ccc(-c2nc(C)c(C(=O)N(CCCN)Cc3ccccc3)s2)o1.Cl.Cl. The number of aromatic nitrogens is 1. The van der Waals surface area contributed by atoms with Crippen LogP contribution in [0, 0.1) is 13.8 Å². The van der Waals surface area contributed by atoms with E-state index in [9.17, 15) is 4.79 Å². The largest absolute Gasteiger partial charge is 0.459 e. The van der Waals surface area contributed by atoms with Gasteiger partial charge in [0.15, 0.2) is 10.8 Å². The second-order valence-corrected chi connectivity index (χ2v) is 7.20. The fourth-order valence-electron chi connectivity index (χ4n) is 2.73. The van der Waals surface area contributed by atoms with E-state index in [1.54, 1.807) is 0 Å². The molecule has 3 aromatic rings. The molecule has 5 nitrogen and oxygen atoms in total. The molecular formula is C20H25Cl2N3O2S. The van der Waals surface area contributed by atoms with Crippen molar-refractivity contribution in [3.63, 3.8) is 0 Å². The molecule has 28 heavy (non-hydrogen) atoms. The molecule has 0 saturated carbocycles. The summed E-state index contributed by atoms with van der Waals surface area (Å²) in [7, 11) is 0. The van der Waals surface area contributed by atoms with E-state index >= 15 is 0 Å². The molecule has 0 atom stereocenters. The lowest BCUT2D eigenvalue weighted by molar-refractivity contribution is 0.0746. The van der Waals surface area contributed by atoms with Crippen LogP contribution in [0.4, 0.5) is 0 Å². The topological polar surface area (TPSA) is 72.4 Å². The van der Waals surface area contributed by atoms with Crippen molar-refractivity contribution in [2.75, 3.05) is 13.1 Å². The third kappa shape index (κ3) is 5.82. The van der Waals surface area contributed by atoms with Gasteiger partial charge in [0.25, 0.3) is 5.91 Å². The van der Waals surface area contributed by atoms with E-state index in [0.717, 1.165) is 28.4 Å². The number of nitrogens with two attached hydrogens (primary N) is 1. The molecule has 0 aliphatic heterocycles. The van der Waals surface area contributed by atoms with Crippen LogP contribution in [0.3, 0.4) is 0 Å². The summed E-state index contributed by atoms with van der Waals surface area (Å²) >= 11 is 1.38. The van der Waals surface area contributed by atoms with Gasteiger partial charge < -0.3 is 15.1 Å². The highest BCUT2D eigenvalue weighted by Crippen LogP contribution is 2.30. The number of furan rings is 1. The minimum atomic E-state index is -0.00756. The average Bonchev–Trinajstić information content (AvgIpc) is 3.24. The molecule has 0 aliphatic carbocycles. The van der Waals surface area contributed by atoms with Crippen molar-refractivity contribution >= 4 is 42.1 Å². The number of halogens is 2. The number of hydrogen-bond donors (Lipinski definition) is 1. The molecule has 2 heterocycles. The Labute approximate surface area is 181 Å². The van der Waals surface area contributed by atoms with Gasteiger partial charge in [-0.05, 0) is 44.5 Å². The second-order valence-electron chi connectivity index (χ2n) is 6.20. The molecule has 3 rings (SSSR count). The molecule has 0 radical (unpaired) electrons. The van der Waals surface area contributed by atoms with Crippen molar-refractivity contribution in [2.45, 2.75) is 26.8 Å². The number of amides is 1. The molecule has 0 fully saturated rings. The molecule has 8 heteroatoms. The van der Waals surface area contributed by atoms with Crippen molar-refractivity contribution in [2.24, 2.45) is 5.73 Å². The highest BCUT2D eigenvalue weighted by atomic mass is 35.5. The van der Waals surface area contributed by atoms with E-state index in [2.05, 4.69) is 4.98 Å². The molecule has 0 bridgehead atoms. The van der Waals surface area contributed by atoms with Gasteiger partial charge in [-0.1, -0.05) is 30.3 Å². The smallest absolute Gasteiger partial charge is 0.266 e. The summed E-state index contributed by atoms with van der Waals surface area (Å²) in [6, 6.07) is 13.8. The standard InChI is InChI=1S/C20H23N3O2S.2ClH/c1-14-9-10-17(25-14)19-22-15(2)18(26-19)20(24)23(12-6-11-21)13-16-7-4-3-5-8-16;;/h3-5,7-10H,6,11-13,21H2,1-2H3;2*1H. The second kappa shape index (κ2) is 11.2. The van der Waals surface area contributed by atoms with Crippen molar-refractivity contribution in [3.05, 3.63) is 64.4 Å². The predicted octanol–water partition coefficient (Wildman–Crippen LogP) is 4.85. The molecule has 1 aromatic carbocycles. The van der Waals surface area contributed by atoms with Gasteiger partial charge in [0.2, 0.25) is 0 Å². The lowest BCUT2D eigenvalue weighted by atomic mass is 10.2. The van der Waals surface area contributed by atoms with E-state index in [-0.39, 0.29) is 30.7 Å². The van der Waals surface area contributed by atoms with Crippen LogP contribution >= 0.6 is 36.2 Å². The van der Waals surface area contributed by atoms with Crippen molar-refractivity contribution < 1.29 is 9.21 Å². The minimum absolute atomic E-state index is 0. The minimum Gasteiger partial charge on any atom is -0.459 e. The zero-order valence-electron chi connectivity index (χ0n) is 15.9. The lowest BCUT2D eigenvalue weighted by Crippen LogP contribution is -2.32. The van der Waals surface area contributed by atoms with Gasteiger partial charge in [0, 0.05) is 13.1 Å². The zero-order valence-corrected chi connectivity index (χ0v) is 18.3. The van der Waals surface area contributed by atoms with Crippen LogP contribution in [-0.4, -0.2) is 28.9 Å². The maximum atomic E-state index is 13.2. The Kier molecular flexibility index (Phi) is 9.69. The third-order valence-electron chi connectivity index (χ3n) is 4.08. The first-order valence-electron chi connectivity index (χ1n) is 8.66. The Bertz CT molecular complexity index is 881. The first-order valence-corrected chi connectivity index (χ1v) is 9.47. The summed E-state index contributed by atoms with van der Waals surface area (Å²) in [6.45, 7) is 5.50. The van der Waals surface area contributed by atoms with Gasteiger partial charge >= 0.3 is 0 Å². The van der Waals surface area contributed by atoms with Gasteiger partial charge in [0.1, 0.15) is 10.6 Å². The Morgan fingerprint density at radius 2 is 1.86 bits per heavy atom. The van der Waals surface area contributed by atoms with Crippen LogP contribution < -0.4 is 5.73 Å². The van der Waals surface area contributed by atoms with Crippen LogP contribution in [0.2, 0.25) is 0 Å². The average molecular weight is 442 g/mol. The van der Waals surface area contributed by atoms with Crippen LogP contribution in [0.5, 0.6) is 0 Å². The summed E-state index contributed by atoms with van der Waals surface area (Å²) in [5.74, 6) is 1.52. The Morgan fingerprint density at radius 3 is 2.46 bits per heavy atom. The number of thiazole rings is 1. The maximum Gasteiger partial charge on any atom is 0.266 e. The first kappa shape index (κ1) is 24.2. The maximum absolute atomic E-state index is 13.2. The van der Waals surface area contributed by atoms with Crippen LogP contribution in [-0.2, 0) is 6.54 Å². The molecule has 0 saturated heterocycles. The van der Waals surface area contributed by atoms with Crippen LogP contribution in [0.15, 0.2) is 46.9 Å². The number of nitrogens with zero attached hydrogens (tertiary/aromatic N) is 2.